The third kappa shape index (κ3) is 4.83. The van der Waals surface area contributed by atoms with Crippen molar-refractivity contribution >= 4 is 23.3 Å². The second kappa shape index (κ2) is 10.6. The van der Waals surface area contributed by atoms with E-state index >= 15 is 0 Å². The molecule has 1 atom stereocenters. The van der Waals surface area contributed by atoms with Crippen molar-refractivity contribution in [3.05, 3.63) is 108 Å². The number of fused-ring (bicyclic) bond motifs is 3. The third-order valence-electron chi connectivity index (χ3n) is 7.80. The van der Waals surface area contributed by atoms with E-state index in [1.165, 1.54) is 5.56 Å². The van der Waals surface area contributed by atoms with Gasteiger partial charge in [-0.25, -0.2) is 4.79 Å². The van der Waals surface area contributed by atoms with Crippen molar-refractivity contribution in [2.24, 2.45) is 0 Å². The minimum Gasteiger partial charge on any atom is -0.497 e. The molecule has 1 aliphatic carbocycles. The van der Waals surface area contributed by atoms with Gasteiger partial charge < -0.3 is 19.5 Å². The Hall–Kier alpha value is -4.52. The van der Waals surface area contributed by atoms with Crippen molar-refractivity contribution in [2.45, 2.75) is 44.7 Å². The number of carbonyl (C=O) groups excluding carboxylic acids is 2. The number of urea groups is 1. The molecule has 1 aliphatic heterocycles. The number of carbonyl (C=O) groups is 2. The molecule has 1 N–H and O–H groups in total. The normalized spacial score (nSPS) is 15.8. The molecule has 1 fully saturated rings. The highest BCUT2D eigenvalue weighted by atomic mass is 16.5. The van der Waals surface area contributed by atoms with Crippen LogP contribution in [0, 0.1) is 0 Å². The standard InChI is InChI=1S/C33H34N4O3/c1-22(2)23-10-14-25(15-11-23)34-33(39)36(26-16-17-26)21-31(38)37-29-8-5-4-7-28(29)35-20-6-9-30(35)32(37)24-12-18-27(40-3)19-13-24/h4-15,18-20,22,26,32H,16-17,21H2,1-3H3,(H,34,39). The van der Waals surface area contributed by atoms with Crippen molar-refractivity contribution in [2.75, 3.05) is 23.9 Å². The molecule has 0 spiro atoms. The Morgan fingerprint density at radius 1 is 0.925 bits per heavy atom. The lowest BCUT2D eigenvalue weighted by molar-refractivity contribution is -0.119. The average Bonchev–Trinajstić information content (AvgIpc) is 3.70. The number of nitrogens with zero attached hydrogens (tertiary/aromatic N) is 3. The first-order chi connectivity index (χ1) is 19.4. The molecule has 0 bridgehead atoms. The molecule has 2 aliphatic rings. The van der Waals surface area contributed by atoms with Gasteiger partial charge in [-0.2, -0.15) is 0 Å². The minimum atomic E-state index is -0.351. The summed E-state index contributed by atoms with van der Waals surface area (Å²) in [7, 11) is 1.64. The number of anilines is 2. The number of rotatable bonds is 7. The van der Waals surface area contributed by atoms with Crippen molar-refractivity contribution in [1.29, 1.82) is 0 Å². The van der Waals surface area contributed by atoms with Gasteiger partial charge in [0, 0.05) is 17.9 Å². The van der Waals surface area contributed by atoms with E-state index in [0.29, 0.717) is 5.92 Å². The Morgan fingerprint density at radius 2 is 1.62 bits per heavy atom. The molecule has 1 unspecified atom stereocenters. The Kier molecular flexibility index (Phi) is 6.80. The number of ether oxygens (including phenoxy) is 1. The van der Waals surface area contributed by atoms with Crippen LogP contribution in [0.1, 0.15) is 55.5 Å². The van der Waals surface area contributed by atoms with Gasteiger partial charge in [0.15, 0.2) is 0 Å². The van der Waals surface area contributed by atoms with Crippen LogP contribution in [0.15, 0.2) is 91.1 Å². The number of para-hydroxylation sites is 2. The van der Waals surface area contributed by atoms with Gasteiger partial charge in [0.05, 0.1) is 24.2 Å². The molecule has 2 heterocycles. The largest absolute Gasteiger partial charge is 0.497 e. The van der Waals surface area contributed by atoms with E-state index in [9.17, 15) is 9.59 Å². The summed E-state index contributed by atoms with van der Waals surface area (Å²) in [6, 6.07) is 27.2. The molecule has 0 saturated heterocycles. The second-order valence-electron chi connectivity index (χ2n) is 10.8. The van der Waals surface area contributed by atoms with Crippen LogP contribution < -0.4 is 15.0 Å². The van der Waals surface area contributed by atoms with Gasteiger partial charge in [-0.05, 0) is 78.4 Å². The molecule has 6 rings (SSSR count). The lowest BCUT2D eigenvalue weighted by Crippen LogP contribution is -2.48. The summed E-state index contributed by atoms with van der Waals surface area (Å²) in [6.45, 7) is 4.27. The van der Waals surface area contributed by atoms with Crippen LogP contribution in [0.4, 0.5) is 16.2 Å². The van der Waals surface area contributed by atoms with Gasteiger partial charge in [-0.3, -0.25) is 9.69 Å². The molecule has 7 nitrogen and oxygen atoms in total. The first-order valence-electron chi connectivity index (χ1n) is 13.8. The molecule has 1 saturated carbocycles. The molecular weight excluding hydrogens is 500 g/mol. The van der Waals surface area contributed by atoms with Crippen molar-refractivity contribution in [3.63, 3.8) is 0 Å². The summed E-state index contributed by atoms with van der Waals surface area (Å²) in [6.07, 6.45) is 3.82. The van der Waals surface area contributed by atoms with Crippen LogP contribution in [0.5, 0.6) is 5.75 Å². The molecule has 4 aromatic rings. The number of nitrogens with one attached hydrogen (secondary N) is 1. The monoisotopic (exact) mass is 534 g/mol. The maximum Gasteiger partial charge on any atom is 0.322 e. The fourth-order valence-corrected chi connectivity index (χ4v) is 5.49. The van der Waals surface area contributed by atoms with E-state index in [2.05, 4.69) is 29.8 Å². The second-order valence-corrected chi connectivity index (χ2v) is 10.8. The van der Waals surface area contributed by atoms with E-state index < -0.39 is 0 Å². The summed E-state index contributed by atoms with van der Waals surface area (Å²) in [5.41, 5.74) is 5.65. The summed E-state index contributed by atoms with van der Waals surface area (Å²) >= 11 is 0. The van der Waals surface area contributed by atoms with E-state index in [-0.39, 0.29) is 30.6 Å². The molecule has 1 aromatic heterocycles. The molecule has 0 radical (unpaired) electrons. The number of hydrogen-bond acceptors (Lipinski definition) is 3. The van der Waals surface area contributed by atoms with Crippen LogP contribution in [0.25, 0.3) is 5.69 Å². The molecule has 3 aromatic carbocycles. The lowest BCUT2D eigenvalue weighted by atomic mass is 9.97. The predicted octanol–water partition coefficient (Wildman–Crippen LogP) is 6.74. The topological polar surface area (TPSA) is 66.8 Å². The van der Waals surface area contributed by atoms with Crippen LogP contribution in [-0.2, 0) is 4.79 Å². The minimum absolute atomic E-state index is 0.0116. The van der Waals surface area contributed by atoms with E-state index in [0.717, 1.165) is 46.9 Å². The smallest absolute Gasteiger partial charge is 0.322 e. The molecule has 40 heavy (non-hydrogen) atoms. The van der Waals surface area contributed by atoms with Gasteiger partial charge >= 0.3 is 6.03 Å². The average molecular weight is 535 g/mol. The summed E-state index contributed by atoms with van der Waals surface area (Å²) in [4.78, 5) is 31.3. The fourth-order valence-electron chi connectivity index (χ4n) is 5.49. The number of aromatic nitrogens is 1. The third-order valence-corrected chi connectivity index (χ3v) is 7.80. The van der Waals surface area contributed by atoms with Crippen LogP contribution in [0.2, 0.25) is 0 Å². The van der Waals surface area contributed by atoms with Crippen molar-refractivity contribution in [1.82, 2.24) is 9.47 Å². The van der Waals surface area contributed by atoms with E-state index in [1.54, 1.807) is 12.0 Å². The SMILES string of the molecule is COc1ccc(C2c3cccn3-c3ccccc3N2C(=O)CN(C(=O)Nc2ccc(C(C)C)cc2)C2CC2)cc1. The Balaban J connectivity index is 1.32. The maximum atomic E-state index is 14.3. The zero-order valence-corrected chi connectivity index (χ0v) is 23.1. The molecular formula is C33H34N4O3. The molecule has 7 heteroatoms. The van der Waals surface area contributed by atoms with Gasteiger partial charge in [0.2, 0.25) is 5.91 Å². The predicted molar refractivity (Wildman–Crippen MR) is 157 cm³/mol. The highest BCUT2D eigenvalue weighted by Gasteiger charge is 2.40. The fraction of sp³-hybridized carbons (Fsp3) is 0.273. The Bertz CT molecular complexity index is 1520. The van der Waals surface area contributed by atoms with Gasteiger partial charge in [0.25, 0.3) is 0 Å². The lowest BCUT2D eigenvalue weighted by Gasteiger charge is -2.39. The number of hydrogen-bond donors (Lipinski definition) is 1. The van der Waals surface area contributed by atoms with Gasteiger partial charge in [0.1, 0.15) is 18.3 Å². The molecule has 204 valence electrons. The summed E-state index contributed by atoms with van der Waals surface area (Å²) in [5, 5.41) is 3.02. The van der Waals surface area contributed by atoms with Crippen molar-refractivity contribution in [3.8, 4) is 11.4 Å². The summed E-state index contributed by atoms with van der Waals surface area (Å²) < 4.78 is 7.52. The van der Waals surface area contributed by atoms with Crippen LogP contribution in [-0.4, -0.2) is 41.1 Å². The molecule has 3 amide bonds. The zero-order chi connectivity index (χ0) is 27.8. The zero-order valence-electron chi connectivity index (χ0n) is 23.1. The highest BCUT2D eigenvalue weighted by molar-refractivity contribution is 6.01. The van der Waals surface area contributed by atoms with Gasteiger partial charge in [-0.1, -0.05) is 50.2 Å². The first kappa shape index (κ1) is 25.7. The summed E-state index contributed by atoms with van der Waals surface area (Å²) in [5.74, 6) is 1.04. The maximum absolute atomic E-state index is 14.3. The Morgan fingerprint density at radius 3 is 2.27 bits per heavy atom. The van der Waals surface area contributed by atoms with Crippen molar-refractivity contribution < 1.29 is 14.3 Å². The first-order valence-corrected chi connectivity index (χ1v) is 13.8. The quantitative estimate of drug-likeness (QED) is 0.286. The van der Waals surface area contributed by atoms with Crippen LogP contribution >= 0.6 is 0 Å². The highest BCUT2D eigenvalue weighted by Crippen LogP contribution is 2.43. The number of benzene rings is 3. The van der Waals surface area contributed by atoms with Gasteiger partial charge in [-0.15, -0.1) is 0 Å². The number of amides is 3. The number of methoxy groups -OCH3 is 1. The Labute approximate surface area is 235 Å². The van der Waals surface area contributed by atoms with E-state index in [4.69, 9.17) is 4.74 Å². The van der Waals surface area contributed by atoms with Crippen LogP contribution in [0.3, 0.4) is 0 Å². The van der Waals surface area contributed by atoms with E-state index in [1.807, 2.05) is 90.0 Å².